The summed E-state index contributed by atoms with van der Waals surface area (Å²) in [5.41, 5.74) is 1.35. The SMILES string of the molecule is CCCc1ccc(-c2ccc(-c3ccc(CC)c(F)c3F)c(F)c2F)cc1. The summed E-state index contributed by atoms with van der Waals surface area (Å²) in [6, 6.07) is 12.6. The summed E-state index contributed by atoms with van der Waals surface area (Å²) < 4.78 is 57.7. The molecule has 0 amide bonds. The van der Waals surface area contributed by atoms with Gasteiger partial charge < -0.3 is 0 Å². The van der Waals surface area contributed by atoms with Crippen molar-refractivity contribution in [2.24, 2.45) is 0 Å². The second-order valence-corrected chi connectivity index (χ2v) is 6.49. The van der Waals surface area contributed by atoms with Crippen molar-refractivity contribution in [3.8, 4) is 22.3 Å². The second kappa shape index (κ2) is 7.95. The third-order valence-corrected chi connectivity index (χ3v) is 4.72. The van der Waals surface area contributed by atoms with Crippen LogP contribution in [0, 0.1) is 23.3 Å². The maximum atomic E-state index is 14.7. The Balaban J connectivity index is 2.04. The number of rotatable bonds is 5. The summed E-state index contributed by atoms with van der Waals surface area (Å²) in [5, 5.41) is 0. The molecule has 3 aromatic carbocycles. The van der Waals surface area contributed by atoms with Crippen molar-refractivity contribution in [1.29, 1.82) is 0 Å². The molecule has 0 fully saturated rings. The van der Waals surface area contributed by atoms with Crippen LogP contribution in [0.25, 0.3) is 22.3 Å². The van der Waals surface area contributed by atoms with Crippen LogP contribution in [0.4, 0.5) is 17.6 Å². The molecular formula is C23H20F4. The van der Waals surface area contributed by atoms with Crippen LogP contribution in [0.3, 0.4) is 0 Å². The Kier molecular flexibility index (Phi) is 5.64. The van der Waals surface area contributed by atoms with E-state index in [1.807, 2.05) is 12.1 Å². The predicted molar refractivity (Wildman–Crippen MR) is 101 cm³/mol. The van der Waals surface area contributed by atoms with E-state index in [0.717, 1.165) is 18.4 Å². The lowest BCUT2D eigenvalue weighted by Gasteiger charge is -2.12. The van der Waals surface area contributed by atoms with Crippen LogP contribution in [-0.2, 0) is 12.8 Å². The highest BCUT2D eigenvalue weighted by atomic mass is 19.2. The molecule has 3 rings (SSSR count). The van der Waals surface area contributed by atoms with E-state index in [4.69, 9.17) is 0 Å². The standard InChI is InChI=1S/C23H20F4/c1-3-5-14-6-8-16(9-7-14)17-12-13-19(23(27)21(17)25)18-11-10-15(4-2)20(24)22(18)26/h6-13H,3-5H2,1-2H3. The third kappa shape index (κ3) is 3.61. The van der Waals surface area contributed by atoms with Crippen LogP contribution in [0.2, 0.25) is 0 Å². The van der Waals surface area contributed by atoms with Gasteiger partial charge in [0.2, 0.25) is 0 Å². The monoisotopic (exact) mass is 372 g/mol. The van der Waals surface area contributed by atoms with Crippen molar-refractivity contribution in [2.45, 2.75) is 33.1 Å². The molecule has 0 aromatic heterocycles. The van der Waals surface area contributed by atoms with E-state index >= 15 is 0 Å². The molecular weight excluding hydrogens is 352 g/mol. The van der Waals surface area contributed by atoms with E-state index in [1.165, 1.54) is 24.3 Å². The highest BCUT2D eigenvalue weighted by molar-refractivity contribution is 5.72. The lowest BCUT2D eigenvalue weighted by atomic mass is 9.96. The lowest BCUT2D eigenvalue weighted by molar-refractivity contribution is 0.497. The minimum absolute atomic E-state index is 0.0883. The molecule has 3 aromatic rings. The highest BCUT2D eigenvalue weighted by Gasteiger charge is 2.20. The molecule has 0 aliphatic carbocycles. The third-order valence-electron chi connectivity index (χ3n) is 4.72. The Morgan fingerprint density at radius 2 is 1.11 bits per heavy atom. The van der Waals surface area contributed by atoms with E-state index in [9.17, 15) is 17.6 Å². The van der Waals surface area contributed by atoms with Gasteiger partial charge in [0.05, 0.1) is 0 Å². The summed E-state index contributed by atoms with van der Waals surface area (Å²) in [6.45, 7) is 3.76. The van der Waals surface area contributed by atoms with Crippen molar-refractivity contribution in [3.63, 3.8) is 0 Å². The maximum absolute atomic E-state index is 14.7. The molecule has 0 saturated heterocycles. The van der Waals surface area contributed by atoms with Crippen LogP contribution < -0.4 is 0 Å². The Bertz CT molecular complexity index is 959. The van der Waals surface area contributed by atoms with E-state index in [-0.39, 0.29) is 22.3 Å². The fourth-order valence-corrected chi connectivity index (χ4v) is 3.19. The topological polar surface area (TPSA) is 0 Å². The zero-order valence-electron chi connectivity index (χ0n) is 15.3. The minimum atomic E-state index is -1.19. The van der Waals surface area contributed by atoms with Crippen molar-refractivity contribution < 1.29 is 17.6 Å². The van der Waals surface area contributed by atoms with E-state index in [1.54, 1.807) is 19.1 Å². The zero-order chi connectivity index (χ0) is 19.6. The molecule has 0 aliphatic heterocycles. The number of aryl methyl sites for hydroxylation is 2. The minimum Gasteiger partial charge on any atom is -0.203 e. The number of benzene rings is 3. The van der Waals surface area contributed by atoms with Gasteiger partial charge in [0, 0.05) is 16.7 Å². The van der Waals surface area contributed by atoms with Crippen LogP contribution in [0.15, 0.2) is 48.5 Å². The van der Waals surface area contributed by atoms with Crippen LogP contribution in [0.5, 0.6) is 0 Å². The van der Waals surface area contributed by atoms with Crippen molar-refractivity contribution in [3.05, 3.63) is 82.9 Å². The first kappa shape index (κ1) is 19.2. The first-order chi connectivity index (χ1) is 13.0. The average Bonchev–Trinajstić information content (AvgIpc) is 2.68. The van der Waals surface area contributed by atoms with Crippen LogP contribution in [-0.4, -0.2) is 0 Å². The molecule has 4 heteroatoms. The Morgan fingerprint density at radius 1 is 0.593 bits per heavy atom. The van der Waals surface area contributed by atoms with Crippen molar-refractivity contribution >= 4 is 0 Å². The largest absolute Gasteiger partial charge is 0.203 e. The smallest absolute Gasteiger partial charge is 0.167 e. The molecule has 27 heavy (non-hydrogen) atoms. The van der Waals surface area contributed by atoms with Gasteiger partial charge in [0.1, 0.15) is 0 Å². The number of hydrogen-bond acceptors (Lipinski definition) is 0. The van der Waals surface area contributed by atoms with Gasteiger partial charge in [-0.3, -0.25) is 0 Å². The summed E-state index contributed by atoms with van der Waals surface area (Å²) in [5.74, 6) is -4.45. The fourth-order valence-electron chi connectivity index (χ4n) is 3.19. The van der Waals surface area contributed by atoms with E-state index in [0.29, 0.717) is 12.0 Å². The Morgan fingerprint density at radius 3 is 1.70 bits per heavy atom. The molecule has 0 N–H and O–H groups in total. The molecule has 0 atom stereocenters. The molecule has 0 aliphatic rings. The summed E-state index contributed by atoms with van der Waals surface area (Å²) in [6.07, 6.45) is 2.22. The quantitative estimate of drug-likeness (QED) is 0.419. The van der Waals surface area contributed by atoms with Gasteiger partial charge in [0.15, 0.2) is 23.3 Å². The fraction of sp³-hybridized carbons (Fsp3) is 0.217. The lowest BCUT2D eigenvalue weighted by Crippen LogP contribution is -1.99. The van der Waals surface area contributed by atoms with Gasteiger partial charge in [-0.25, -0.2) is 17.6 Å². The molecule has 0 bridgehead atoms. The Labute approximate surface area is 156 Å². The first-order valence-corrected chi connectivity index (χ1v) is 9.02. The molecule has 0 radical (unpaired) electrons. The zero-order valence-corrected chi connectivity index (χ0v) is 15.3. The molecule has 0 heterocycles. The predicted octanol–water partition coefficient (Wildman–Crippen LogP) is 7.09. The maximum Gasteiger partial charge on any atom is 0.167 e. The number of halogens is 4. The second-order valence-electron chi connectivity index (χ2n) is 6.49. The normalized spacial score (nSPS) is 11.0. The van der Waals surface area contributed by atoms with Crippen LogP contribution in [0.1, 0.15) is 31.4 Å². The van der Waals surface area contributed by atoms with Crippen LogP contribution >= 0.6 is 0 Å². The first-order valence-electron chi connectivity index (χ1n) is 9.02. The van der Waals surface area contributed by atoms with E-state index < -0.39 is 23.3 Å². The molecule has 140 valence electrons. The van der Waals surface area contributed by atoms with Gasteiger partial charge >= 0.3 is 0 Å². The van der Waals surface area contributed by atoms with Crippen molar-refractivity contribution in [1.82, 2.24) is 0 Å². The van der Waals surface area contributed by atoms with Crippen molar-refractivity contribution in [2.75, 3.05) is 0 Å². The highest BCUT2D eigenvalue weighted by Crippen LogP contribution is 2.34. The van der Waals surface area contributed by atoms with Gasteiger partial charge in [-0.2, -0.15) is 0 Å². The summed E-state index contributed by atoms with van der Waals surface area (Å²) in [4.78, 5) is 0. The van der Waals surface area contributed by atoms with Gasteiger partial charge in [0.25, 0.3) is 0 Å². The summed E-state index contributed by atoms with van der Waals surface area (Å²) >= 11 is 0. The average molecular weight is 372 g/mol. The Hall–Kier alpha value is -2.62. The molecule has 0 nitrogen and oxygen atoms in total. The molecule has 0 saturated carbocycles. The van der Waals surface area contributed by atoms with Gasteiger partial charge in [-0.05, 0) is 29.5 Å². The number of hydrogen-bond donors (Lipinski definition) is 0. The van der Waals surface area contributed by atoms with E-state index in [2.05, 4.69) is 6.92 Å². The molecule has 0 spiro atoms. The summed E-state index contributed by atoms with van der Waals surface area (Å²) in [7, 11) is 0. The van der Waals surface area contributed by atoms with Gasteiger partial charge in [-0.15, -0.1) is 0 Å². The van der Waals surface area contributed by atoms with Gasteiger partial charge in [-0.1, -0.05) is 68.8 Å². The molecule has 0 unspecified atom stereocenters.